The number of hydrogen-bond donors (Lipinski definition) is 2. The Kier molecular flexibility index (Phi) is 3.55. The summed E-state index contributed by atoms with van der Waals surface area (Å²) in [5.74, 6) is 1.07. The summed E-state index contributed by atoms with van der Waals surface area (Å²) in [7, 11) is 0. The summed E-state index contributed by atoms with van der Waals surface area (Å²) in [6, 6.07) is 0. The minimum absolute atomic E-state index is 0.0879. The van der Waals surface area contributed by atoms with Gasteiger partial charge in [-0.25, -0.2) is 4.98 Å². The number of aliphatic hydroxyl groups is 1. The number of rotatable bonds is 1. The summed E-state index contributed by atoms with van der Waals surface area (Å²) in [5.41, 5.74) is -0.573. The zero-order valence-electron chi connectivity index (χ0n) is 10.7. The molecular formula is C13H18IN3O2. The van der Waals surface area contributed by atoms with E-state index in [1.165, 1.54) is 12.7 Å². The first kappa shape index (κ1) is 13.4. The molecule has 2 unspecified atom stereocenters. The summed E-state index contributed by atoms with van der Waals surface area (Å²) >= 11 is 2.05. The summed E-state index contributed by atoms with van der Waals surface area (Å²) in [4.78, 5) is 20.7. The van der Waals surface area contributed by atoms with Crippen molar-refractivity contribution in [2.75, 3.05) is 18.0 Å². The highest BCUT2D eigenvalue weighted by atomic mass is 127. The predicted molar refractivity (Wildman–Crippen MR) is 81.3 cm³/mol. The number of hydrogen-bond acceptors (Lipinski definition) is 4. The van der Waals surface area contributed by atoms with Gasteiger partial charge in [0.15, 0.2) is 0 Å². The molecule has 0 amide bonds. The monoisotopic (exact) mass is 375 g/mol. The van der Waals surface area contributed by atoms with Crippen LogP contribution in [0.5, 0.6) is 0 Å². The average molecular weight is 375 g/mol. The number of anilines is 1. The van der Waals surface area contributed by atoms with E-state index in [0.717, 1.165) is 44.6 Å². The van der Waals surface area contributed by atoms with Crippen LogP contribution in [-0.4, -0.2) is 33.8 Å². The van der Waals surface area contributed by atoms with Crippen LogP contribution in [-0.2, 0) is 0 Å². The van der Waals surface area contributed by atoms with E-state index < -0.39 is 5.60 Å². The van der Waals surface area contributed by atoms with Gasteiger partial charge in [0.2, 0.25) is 0 Å². The van der Waals surface area contributed by atoms with Gasteiger partial charge in [0.25, 0.3) is 5.56 Å². The van der Waals surface area contributed by atoms with Crippen LogP contribution in [0, 0.1) is 9.49 Å². The minimum atomic E-state index is -0.485. The second kappa shape index (κ2) is 5.05. The molecule has 2 atom stereocenters. The van der Waals surface area contributed by atoms with Crippen LogP contribution in [0.3, 0.4) is 0 Å². The molecule has 1 aliphatic heterocycles. The molecule has 3 rings (SSSR count). The maximum Gasteiger partial charge on any atom is 0.266 e. The lowest BCUT2D eigenvalue weighted by Crippen LogP contribution is -2.53. The maximum atomic E-state index is 11.6. The van der Waals surface area contributed by atoms with Crippen LogP contribution >= 0.6 is 22.6 Å². The molecule has 0 aromatic carbocycles. The lowest BCUT2D eigenvalue weighted by molar-refractivity contribution is -0.0613. The maximum absolute atomic E-state index is 11.6. The summed E-state index contributed by atoms with van der Waals surface area (Å²) < 4.78 is 0.640. The van der Waals surface area contributed by atoms with Gasteiger partial charge in [-0.2, -0.15) is 0 Å². The topological polar surface area (TPSA) is 69.2 Å². The Morgan fingerprint density at radius 2 is 2.32 bits per heavy atom. The molecule has 2 N–H and O–H groups in total. The van der Waals surface area contributed by atoms with E-state index in [2.05, 4.69) is 14.9 Å². The molecule has 1 aliphatic carbocycles. The van der Waals surface area contributed by atoms with E-state index in [-0.39, 0.29) is 5.56 Å². The number of nitrogens with zero attached hydrogens (tertiary/aromatic N) is 2. The van der Waals surface area contributed by atoms with Crippen LogP contribution in [0.4, 0.5) is 5.82 Å². The van der Waals surface area contributed by atoms with Crippen molar-refractivity contribution in [2.45, 2.75) is 37.7 Å². The summed E-state index contributed by atoms with van der Waals surface area (Å²) in [6.07, 6.45) is 6.57. The molecule has 0 bridgehead atoms. The van der Waals surface area contributed by atoms with Crippen LogP contribution < -0.4 is 10.5 Å². The number of halogens is 1. The Hall–Kier alpha value is -0.630. The second-order valence-electron chi connectivity index (χ2n) is 5.61. The molecule has 0 spiro atoms. The molecule has 104 valence electrons. The lowest BCUT2D eigenvalue weighted by atomic mass is 9.71. The first-order valence-electron chi connectivity index (χ1n) is 6.81. The Morgan fingerprint density at radius 3 is 3.16 bits per heavy atom. The fourth-order valence-electron chi connectivity index (χ4n) is 3.36. The third kappa shape index (κ3) is 2.40. The van der Waals surface area contributed by atoms with Gasteiger partial charge in [0.1, 0.15) is 9.39 Å². The molecule has 1 saturated heterocycles. The van der Waals surface area contributed by atoms with Gasteiger partial charge < -0.3 is 15.0 Å². The van der Waals surface area contributed by atoms with Crippen LogP contribution in [0.25, 0.3) is 0 Å². The minimum Gasteiger partial charge on any atom is -0.389 e. The molecule has 19 heavy (non-hydrogen) atoms. The fraction of sp³-hybridized carbons (Fsp3) is 0.692. The average Bonchev–Trinajstić information content (AvgIpc) is 2.41. The molecule has 2 fully saturated rings. The Morgan fingerprint density at radius 1 is 1.47 bits per heavy atom. The van der Waals surface area contributed by atoms with Gasteiger partial charge in [0, 0.05) is 19.0 Å². The van der Waals surface area contributed by atoms with Gasteiger partial charge in [-0.15, -0.1) is 0 Å². The van der Waals surface area contributed by atoms with E-state index in [1.54, 1.807) is 0 Å². The molecule has 2 heterocycles. The highest BCUT2D eigenvalue weighted by Crippen LogP contribution is 2.40. The zero-order valence-corrected chi connectivity index (χ0v) is 12.9. The number of H-pyrrole nitrogens is 1. The zero-order chi connectivity index (χ0) is 13.5. The van der Waals surface area contributed by atoms with Gasteiger partial charge in [-0.3, -0.25) is 4.79 Å². The van der Waals surface area contributed by atoms with Crippen molar-refractivity contribution in [3.8, 4) is 0 Å². The van der Waals surface area contributed by atoms with Gasteiger partial charge >= 0.3 is 0 Å². The van der Waals surface area contributed by atoms with Gasteiger partial charge in [-0.05, 0) is 41.9 Å². The summed E-state index contributed by atoms with van der Waals surface area (Å²) in [6.45, 7) is 1.59. The van der Waals surface area contributed by atoms with Crippen molar-refractivity contribution in [1.82, 2.24) is 9.97 Å². The van der Waals surface area contributed by atoms with Crippen molar-refractivity contribution in [3.05, 3.63) is 20.3 Å². The van der Waals surface area contributed by atoms with Crippen molar-refractivity contribution >= 4 is 28.4 Å². The number of piperidine rings is 1. The number of aromatic nitrogens is 2. The Balaban J connectivity index is 1.85. The highest BCUT2D eigenvalue weighted by Gasteiger charge is 2.43. The van der Waals surface area contributed by atoms with E-state index in [4.69, 9.17) is 0 Å². The van der Waals surface area contributed by atoms with Crippen molar-refractivity contribution in [2.24, 2.45) is 5.92 Å². The van der Waals surface area contributed by atoms with Crippen molar-refractivity contribution in [1.29, 1.82) is 0 Å². The largest absolute Gasteiger partial charge is 0.389 e. The summed E-state index contributed by atoms with van der Waals surface area (Å²) in [5, 5.41) is 10.7. The molecule has 1 aromatic rings. The third-order valence-corrected chi connectivity index (χ3v) is 5.48. The molecule has 6 heteroatoms. The van der Waals surface area contributed by atoms with E-state index in [1.807, 2.05) is 22.6 Å². The molecule has 5 nitrogen and oxygen atoms in total. The number of aromatic amines is 1. The molecule has 2 aliphatic rings. The third-order valence-electron chi connectivity index (χ3n) is 4.51. The van der Waals surface area contributed by atoms with Crippen LogP contribution in [0.15, 0.2) is 11.1 Å². The standard InChI is InChI=1S/C13H18IN3O2/c14-10-11(15-8-16-12(10)18)17-6-5-13(19)4-2-1-3-9(13)7-17/h8-9,19H,1-7H2,(H,15,16,18). The first-order valence-corrected chi connectivity index (χ1v) is 7.88. The van der Waals surface area contributed by atoms with Crippen molar-refractivity contribution < 1.29 is 5.11 Å². The molecule has 1 saturated carbocycles. The second-order valence-corrected chi connectivity index (χ2v) is 6.69. The quantitative estimate of drug-likeness (QED) is 0.731. The first-order chi connectivity index (χ1) is 9.10. The number of nitrogens with one attached hydrogen (secondary N) is 1. The van der Waals surface area contributed by atoms with Gasteiger partial charge in [-0.1, -0.05) is 12.8 Å². The van der Waals surface area contributed by atoms with E-state index in [9.17, 15) is 9.90 Å². The van der Waals surface area contributed by atoms with E-state index in [0.29, 0.717) is 9.49 Å². The van der Waals surface area contributed by atoms with Crippen molar-refractivity contribution in [3.63, 3.8) is 0 Å². The molecule has 0 radical (unpaired) electrons. The van der Waals surface area contributed by atoms with Crippen LogP contribution in [0.2, 0.25) is 0 Å². The smallest absolute Gasteiger partial charge is 0.266 e. The SMILES string of the molecule is O=c1[nH]cnc(N2CCC3(O)CCCCC3C2)c1I. The predicted octanol–water partition coefficient (Wildman–Crippen LogP) is 1.51. The molecular weight excluding hydrogens is 357 g/mol. The van der Waals surface area contributed by atoms with E-state index >= 15 is 0 Å². The van der Waals surface area contributed by atoms with Gasteiger partial charge in [0.05, 0.1) is 11.9 Å². The normalized spacial score (nSPS) is 31.1. The fourth-order valence-corrected chi connectivity index (χ4v) is 3.99. The lowest BCUT2D eigenvalue weighted by Gasteiger charge is -2.47. The molecule has 1 aromatic heterocycles. The number of fused-ring (bicyclic) bond motifs is 1. The Labute approximate surface area is 125 Å². The Bertz CT molecular complexity index is 533. The highest BCUT2D eigenvalue weighted by molar-refractivity contribution is 14.1. The van der Waals surface area contributed by atoms with Crippen LogP contribution in [0.1, 0.15) is 32.1 Å².